The number of amides is 1. The van der Waals surface area contributed by atoms with Crippen LogP contribution in [0.3, 0.4) is 0 Å². The van der Waals surface area contributed by atoms with Crippen LogP contribution in [0.2, 0.25) is 0 Å². The zero-order chi connectivity index (χ0) is 20.2. The van der Waals surface area contributed by atoms with Crippen molar-refractivity contribution in [2.75, 3.05) is 6.54 Å². The first-order valence-electron chi connectivity index (χ1n) is 9.17. The Labute approximate surface area is 165 Å². The van der Waals surface area contributed by atoms with Crippen molar-refractivity contribution in [3.63, 3.8) is 0 Å². The summed E-state index contributed by atoms with van der Waals surface area (Å²) in [6.07, 6.45) is 1.52. The first-order chi connectivity index (χ1) is 12.6. The number of thiazole rings is 1. The lowest BCUT2D eigenvalue weighted by Gasteiger charge is -2.34. The number of nitrogens with zero attached hydrogens (tertiary/aromatic N) is 2. The molecule has 6 nitrogen and oxygen atoms in total. The Kier molecular flexibility index (Phi) is 6.90. The van der Waals surface area contributed by atoms with Gasteiger partial charge in [-0.1, -0.05) is 31.8 Å². The molecule has 27 heavy (non-hydrogen) atoms. The quantitative estimate of drug-likeness (QED) is 0.593. The van der Waals surface area contributed by atoms with Crippen molar-refractivity contribution in [2.24, 2.45) is 5.92 Å². The van der Waals surface area contributed by atoms with Crippen molar-refractivity contribution in [3.05, 3.63) is 23.3 Å². The van der Waals surface area contributed by atoms with Crippen LogP contribution in [-0.4, -0.2) is 40.4 Å². The zero-order valence-electron chi connectivity index (χ0n) is 17.0. The van der Waals surface area contributed by atoms with Crippen LogP contribution in [0.25, 0.3) is 0 Å². The van der Waals surface area contributed by atoms with Crippen molar-refractivity contribution < 1.29 is 14.3 Å². The van der Waals surface area contributed by atoms with Crippen LogP contribution in [0, 0.1) is 17.8 Å². The van der Waals surface area contributed by atoms with Gasteiger partial charge in [-0.3, -0.25) is 4.79 Å². The molecule has 1 aromatic rings. The molecule has 1 fully saturated rings. The van der Waals surface area contributed by atoms with E-state index in [2.05, 4.69) is 47.5 Å². The Morgan fingerprint density at radius 1 is 1.48 bits per heavy atom. The van der Waals surface area contributed by atoms with E-state index in [4.69, 9.17) is 9.47 Å². The maximum absolute atomic E-state index is 12.2. The minimum absolute atomic E-state index is 0.177. The van der Waals surface area contributed by atoms with E-state index in [9.17, 15) is 4.79 Å². The van der Waals surface area contributed by atoms with Gasteiger partial charge in [0, 0.05) is 24.9 Å². The molecule has 1 aliphatic rings. The molecule has 1 aliphatic heterocycles. The van der Waals surface area contributed by atoms with Gasteiger partial charge in [0.2, 0.25) is 6.29 Å². The third-order valence-electron chi connectivity index (χ3n) is 3.92. The van der Waals surface area contributed by atoms with E-state index >= 15 is 0 Å². The van der Waals surface area contributed by atoms with Gasteiger partial charge in [0.15, 0.2) is 0 Å². The third-order valence-corrected chi connectivity index (χ3v) is 4.80. The lowest BCUT2D eigenvalue weighted by Crippen LogP contribution is -2.42. The fourth-order valence-electron chi connectivity index (χ4n) is 3.00. The SMILES string of the molecule is C=C1C(Oc2ncc(C(=O)NCCC#CC(C)C)s2)OC(C)(C)N1C(C)C. The number of hydrogen-bond donors (Lipinski definition) is 1. The summed E-state index contributed by atoms with van der Waals surface area (Å²) in [6, 6.07) is 0.234. The van der Waals surface area contributed by atoms with Gasteiger partial charge in [0.1, 0.15) is 10.6 Å². The number of carbonyl (C=O) groups excluding carboxylic acids is 1. The van der Waals surface area contributed by atoms with Gasteiger partial charge in [-0.25, -0.2) is 4.98 Å². The lowest BCUT2D eigenvalue weighted by molar-refractivity contribution is -0.134. The van der Waals surface area contributed by atoms with E-state index < -0.39 is 12.0 Å². The molecular weight excluding hydrogens is 362 g/mol. The monoisotopic (exact) mass is 391 g/mol. The lowest BCUT2D eigenvalue weighted by atomic mass is 10.2. The summed E-state index contributed by atoms with van der Waals surface area (Å²) in [6.45, 7) is 16.8. The second-order valence-corrected chi connectivity index (χ2v) is 8.43. The number of rotatable bonds is 6. The highest BCUT2D eigenvalue weighted by molar-refractivity contribution is 7.15. The Morgan fingerprint density at radius 2 is 2.19 bits per heavy atom. The molecule has 1 N–H and O–H groups in total. The molecule has 1 saturated heterocycles. The highest BCUT2D eigenvalue weighted by Crippen LogP contribution is 2.37. The summed E-state index contributed by atoms with van der Waals surface area (Å²) in [4.78, 5) is 19.0. The van der Waals surface area contributed by atoms with E-state index in [1.807, 2.05) is 27.7 Å². The Morgan fingerprint density at radius 3 is 2.78 bits per heavy atom. The molecule has 0 bridgehead atoms. The molecule has 0 radical (unpaired) electrons. The summed E-state index contributed by atoms with van der Waals surface area (Å²) in [5.74, 6) is 6.27. The Bertz CT molecular complexity index is 743. The van der Waals surface area contributed by atoms with Gasteiger partial charge in [-0.05, 0) is 27.7 Å². The van der Waals surface area contributed by atoms with E-state index in [1.54, 1.807) is 0 Å². The van der Waals surface area contributed by atoms with Gasteiger partial charge in [-0.2, -0.15) is 0 Å². The molecule has 1 atom stereocenters. The highest BCUT2D eigenvalue weighted by Gasteiger charge is 2.44. The van der Waals surface area contributed by atoms with Crippen LogP contribution in [-0.2, 0) is 4.74 Å². The zero-order valence-corrected chi connectivity index (χ0v) is 17.8. The summed E-state index contributed by atoms with van der Waals surface area (Å²) >= 11 is 1.19. The molecule has 1 unspecified atom stereocenters. The minimum Gasteiger partial charge on any atom is -0.434 e. The molecule has 2 heterocycles. The van der Waals surface area contributed by atoms with E-state index in [0.29, 0.717) is 29.0 Å². The third kappa shape index (κ3) is 5.47. The van der Waals surface area contributed by atoms with Crippen LogP contribution in [0.1, 0.15) is 57.6 Å². The smallest absolute Gasteiger partial charge is 0.276 e. The minimum atomic E-state index is -0.615. The molecule has 7 heteroatoms. The fraction of sp³-hybridized carbons (Fsp3) is 0.600. The normalized spacial score (nSPS) is 18.6. The summed E-state index contributed by atoms with van der Waals surface area (Å²) < 4.78 is 11.8. The summed E-state index contributed by atoms with van der Waals surface area (Å²) in [7, 11) is 0. The number of nitrogens with one attached hydrogen (secondary N) is 1. The van der Waals surface area contributed by atoms with E-state index in [1.165, 1.54) is 17.5 Å². The van der Waals surface area contributed by atoms with Gasteiger partial charge in [-0.15, -0.1) is 11.8 Å². The van der Waals surface area contributed by atoms with Crippen molar-refractivity contribution in [3.8, 4) is 17.0 Å². The average molecular weight is 392 g/mol. The molecule has 0 aliphatic carbocycles. The maximum Gasteiger partial charge on any atom is 0.276 e. The molecule has 1 aromatic heterocycles. The predicted octanol–water partition coefficient (Wildman–Crippen LogP) is 3.62. The van der Waals surface area contributed by atoms with E-state index in [0.717, 1.165) is 5.70 Å². The van der Waals surface area contributed by atoms with Crippen molar-refractivity contribution >= 4 is 17.2 Å². The maximum atomic E-state index is 12.2. The van der Waals surface area contributed by atoms with Gasteiger partial charge in [0.25, 0.3) is 11.1 Å². The molecule has 0 aromatic carbocycles. The molecule has 1 amide bonds. The van der Waals surface area contributed by atoms with Gasteiger partial charge in [0.05, 0.1) is 11.9 Å². The summed E-state index contributed by atoms with van der Waals surface area (Å²) in [5, 5.41) is 3.22. The molecule has 0 saturated carbocycles. The standard InChI is InChI=1S/C20H29N3O3S/c1-13(2)10-8-9-11-21-17(24)16-12-22-19(27-16)25-18-15(5)23(14(3)4)20(6,7)26-18/h12-14,18H,5,9,11H2,1-4,6-7H3,(H,21,24). The number of ether oxygens (including phenoxy) is 2. The topological polar surface area (TPSA) is 63.7 Å². The van der Waals surface area contributed by atoms with Crippen LogP contribution in [0.15, 0.2) is 18.5 Å². The average Bonchev–Trinajstić information content (AvgIpc) is 3.09. The van der Waals surface area contributed by atoms with Gasteiger partial charge < -0.3 is 19.7 Å². The van der Waals surface area contributed by atoms with Crippen LogP contribution in [0.4, 0.5) is 0 Å². The van der Waals surface area contributed by atoms with Crippen LogP contribution < -0.4 is 10.1 Å². The summed E-state index contributed by atoms with van der Waals surface area (Å²) in [5.41, 5.74) is 0.240. The van der Waals surface area contributed by atoms with Crippen LogP contribution >= 0.6 is 11.3 Å². The molecule has 148 valence electrons. The van der Waals surface area contributed by atoms with Gasteiger partial charge >= 0.3 is 0 Å². The fourth-order valence-corrected chi connectivity index (χ4v) is 3.70. The highest BCUT2D eigenvalue weighted by atomic mass is 32.1. The number of carbonyl (C=O) groups is 1. The largest absolute Gasteiger partial charge is 0.434 e. The first kappa shape index (κ1) is 21.3. The van der Waals surface area contributed by atoms with Crippen LogP contribution in [0.5, 0.6) is 5.19 Å². The predicted molar refractivity (Wildman–Crippen MR) is 107 cm³/mol. The number of hydrogen-bond acceptors (Lipinski definition) is 6. The van der Waals surface area contributed by atoms with Crippen molar-refractivity contribution in [1.29, 1.82) is 0 Å². The van der Waals surface area contributed by atoms with Crippen molar-refractivity contribution in [1.82, 2.24) is 15.2 Å². The second-order valence-electron chi connectivity index (χ2n) is 7.44. The Balaban J connectivity index is 1.92. The molecule has 2 rings (SSSR count). The Hall–Kier alpha value is -2.04. The molecular formula is C20H29N3O3S. The number of aromatic nitrogens is 1. The first-order valence-corrected chi connectivity index (χ1v) is 9.98. The second kappa shape index (κ2) is 8.77. The molecule has 0 spiro atoms. The van der Waals surface area contributed by atoms with Crippen molar-refractivity contribution in [2.45, 2.75) is 66.0 Å². The van der Waals surface area contributed by atoms with E-state index in [-0.39, 0.29) is 11.9 Å².